The standard InChI is InChI=1S/C33H42F4N4O3/c1-2-25(26-9-5-3-6-10-26)23-41-20-15-27(39-29(32(41)43)16-19-40-17-7-4-8-18-40)22-38-31(42)14-12-24-11-13-30(28(34)21-24)44-33(35,36)37/h3,5-6,9-14,21,25,27,29,39H,2,4,7-8,15-20,22-23H2,1H3,(H,38,42)/t25?,27-,29-/m0/s1. The normalized spacial score (nSPS) is 20.8. The van der Waals surface area contributed by atoms with Crippen molar-refractivity contribution in [1.29, 1.82) is 0 Å². The molecule has 4 rings (SSSR count). The van der Waals surface area contributed by atoms with Crippen LogP contribution in [-0.4, -0.2) is 79.3 Å². The van der Waals surface area contributed by atoms with Gasteiger partial charge in [0.1, 0.15) is 0 Å². The van der Waals surface area contributed by atoms with Crippen LogP contribution in [0.1, 0.15) is 62.5 Å². The summed E-state index contributed by atoms with van der Waals surface area (Å²) < 4.78 is 54.8. The van der Waals surface area contributed by atoms with Crippen molar-refractivity contribution >= 4 is 17.9 Å². The van der Waals surface area contributed by atoms with Crippen molar-refractivity contribution in [1.82, 2.24) is 20.4 Å². The molecule has 7 nitrogen and oxygen atoms in total. The zero-order valence-electron chi connectivity index (χ0n) is 25.1. The number of halogens is 4. The van der Waals surface area contributed by atoms with Gasteiger partial charge in [-0.2, -0.15) is 0 Å². The van der Waals surface area contributed by atoms with E-state index in [0.29, 0.717) is 25.9 Å². The van der Waals surface area contributed by atoms with Crippen LogP contribution in [0.3, 0.4) is 0 Å². The molecule has 11 heteroatoms. The molecule has 0 spiro atoms. The number of hydrogen-bond acceptors (Lipinski definition) is 5. The first kappa shape index (κ1) is 33.5. The van der Waals surface area contributed by atoms with Crippen LogP contribution in [0, 0.1) is 5.82 Å². The average Bonchev–Trinajstić information content (AvgIpc) is 3.16. The van der Waals surface area contributed by atoms with Crippen molar-refractivity contribution in [2.24, 2.45) is 0 Å². The van der Waals surface area contributed by atoms with Gasteiger partial charge in [-0.25, -0.2) is 4.39 Å². The number of ether oxygens (including phenoxy) is 1. The van der Waals surface area contributed by atoms with E-state index < -0.39 is 23.8 Å². The first-order valence-electron chi connectivity index (χ1n) is 15.4. The minimum Gasteiger partial charge on any atom is -0.403 e. The van der Waals surface area contributed by atoms with Gasteiger partial charge in [0, 0.05) is 44.2 Å². The van der Waals surface area contributed by atoms with E-state index in [0.717, 1.165) is 38.2 Å². The largest absolute Gasteiger partial charge is 0.573 e. The Morgan fingerprint density at radius 1 is 1.11 bits per heavy atom. The van der Waals surface area contributed by atoms with Gasteiger partial charge in [0.05, 0.1) is 6.04 Å². The molecule has 0 saturated carbocycles. The maximum absolute atomic E-state index is 14.0. The van der Waals surface area contributed by atoms with Crippen molar-refractivity contribution in [3.8, 4) is 5.75 Å². The third-order valence-corrected chi connectivity index (χ3v) is 8.31. The number of alkyl halides is 3. The maximum atomic E-state index is 14.0. The van der Waals surface area contributed by atoms with Crippen LogP contribution in [0.5, 0.6) is 5.75 Å². The van der Waals surface area contributed by atoms with Gasteiger partial charge < -0.3 is 25.2 Å². The first-order valence-corrected chi connectivity index (χ1v) is 15.4. The molecule has 2 aliphatic heterocycles. The fourth-order valence-electron chi connectivity index (χ4n) is 5.87. The summed E-state index contributed by atoms with van der Waals surface area (Å²) in [4.78, 5) is 30.8. The van der Waals surface area contributed by atoms with E-state index in [2.05, 4.69) is 39.3 Å². The molecule has 2 heterocycles. The molecule has 0 radical (unpaired) electrons. The molecule has 44 heavy (non-hydrogen) atoms. The second kappa shape index (κ2) is 16.0. The fourth-order valence-corrected chi connectivity index (χ4v) is 5.87. The van der Waals surface area contributed by atoms with E-state index >= 15 is 0 Å². The molecule has 0 bridgehead atoms. The summed E-state index contributed by atoms with van der Waals surface area (Å²) in [6.07, 6.45) is 3.36. The lowest BCUT2D eigenvalue weighted by Gasteiger charge is -2.31. The summed E-state index contributed by atoms with van der Waals surface area (Å²) in [6.45, 7) is 6.54. The Bertz CT molecular complexity index is 1250. The van der Waals surface area contributed by atoms with Crippen molar-refractivity contribution in [2.45, 2.75) is 69.8 Å². The number of nitrogens with zero attached hydrogens (tertiary/aromatic N) is 2. The lowest BCUT2D eigenvalue weighted by molar-refractivity contribution is -0.275. The zero-order chi connectivity index (χ0) is 31.5. The predicted octanol–water partition coefficient (Wildman–Crippen LogP) is 5.48. The van der Waals surface area contributed by atoms with Gasteiger partial charge in [0.25, 0.3) is 0 Å². The SMILES string of the molecule is CCC(CN1CC[C@@H](CNC(=O)C=Cc2ccc(OC(F)(F)F)c(F)c2)N[C@@H](CCN2CCCCC2)C1=O)c1ccccc1. The number of carbonyl (C=O) groups is 2. The van der Waals surface area contributed by atoms with Gasteiger partial charge in [-0.1, -0.05) is 49.7 Å². The molecule has 240 valence electrons. The molecular formula is C33H42F4N4O3. The molecule has 2 N–H and O–H groups in total. The van der Waals surface area contributed by atoms with Gasteiger partial charge in [0.2, 0.25) is 11.8 Å². The van der Waals surface area contributed by atoms with E-state index in [9.17, 15) is 27.2 Å². The molecule has 3 atom stereocenters. The predicted molar refractivity (Wildman–Crippen MR) is 161 cm³/mol. The summed E-state index contributed by atoms with van der Waals surface area (Å²) in [6, 6.07) is 12.7. The van der Waals surface area contributed by atoms with E-state index in [-0.39, 0.29) is 36.0 Å². The monoisotopic (exact) mass is 618 g/mol. The van der Waals surface area contributed by atoms with Crippen molar-refractivity contribution in [3.63, 3.8) is 0 Å². The van der Waals surface area contributed by atoms with Crippen molar-refractivity contribution < 1.29 is 31.9 Å². The highest BCUT2D eigenvalue weighted by atomic mass is 19.4. The maximum Gasteiger partial charge on any atom is 0.573 e. The van der Waals surface area contributed by atoms with Gasteiger partial charge in [0.15, 0.2) is 11.6 Å². The number of likely N-dealkylation sites (tertiary alicyclic amines) is 1. The van der Waals surface area contributed by atoms with Crippen LogP contribution in [0.15, 0.2) is 54.6 Å². The number of benzene rings is 2. The third kappa shape index (κ3) is 10.3. The number of nitrogens with one attached hydrogen (secondary N) is 2. The van der Waals surface area contributed by atoms with Crippen LogP contribution >= 0.6 is 0 Å². The number of carbonyl (C=O) groups excluding carboxylic acids is 2. The second-order valence-corrected chi connectivity index (χ2v) is 11.5. The van der Waals surface area contributed by atoms with E-state index in [1.54, 1.807) is 0 Å². The number of rotatable bonds is 12. The van der Waals surface area contributed by atoms with Crippen LogP contribution in [-0.2, 0) is 9.59 Å². The lowest BCUT2D eigenvalue weighted by atomic mass is 9.95. The minimum atomic E-state index is -5.00. The van der Waals surface area contributed by atoms with Crippen LogP contribution in [0.25, 0.3) is 6.08 Å². The molecule has 2 aromatic rings. The molecule has 2 amide bonds. The van der Waals surface area contributed by atoms with Crippen LogP contribution in [0.2, 0.25) is 0 Å². The van der Waals surface area contributed by atoms with E-state index in [1.807, 2.05) is 23.1 Å². The summed E-state index contributed by atoms with van der Waals surface area (Å²) in [5, 5.41) is 6.36. The summed E-state index contributed by atoms with van der Waals surface area (Å²) in [7, 11) is 0. The second-order valence-electron chi connectivity index (χ2n) is 11.5. The van der Waals surface area contributed by atoms with Crippen LogP contribution in [0.4, 0.5) is 17.6 Å². The molecule has 2 saturated heterocycles. The minimum absolute atomic E-state index is 0.0880. The van der Waals surface area contributed by atoms with Gasteiger partial charge in [-0.15, -0.1) is 13.2 Å². The lowest BCUT2D eigenvalue weighted by Crippen LogP contribution is -2.50. The van der Waals surface area contributed by atoms with Crippen molar-refractivity contribution in [2.75, 3.05) is 39.3 Å². The highest BCUT2D eigenvalue weighted by Crippen LogP contribution is 2.26. The highest BCUT2D eigenvalue weighted by molar-refractivity contribution is 5.91. The summed E-state index contributed by atoms with van der Waals surface area (Å²) in [5.41, 5.74) is 1.42. The molecular weight excluding hydrogens is 576 g/mol. The number of amides is 2. The molecule has 2 aliphatic rings. The molecule has 2 fully saturated rings. The Labute approximate surface area is 256 Å². The molecule has 0 aliphatic carbocycles. The Morgan fingerprint density at radius 3 is 2.55 bits per heavy atom. The Morgan fingerprint density at radius 2 is 1.86 bits per heavy atom. The topological polar surface area (TPSA) is 73.9 Å². The molecule has 2 aromatic carbocycles. The summed E-state index contributed by atoms with van der Waals surface area (Å²) in [5.74, 6) is -2.25. The number of hydrogen-bond donors (Lipinski definition) is 2. The van der Waals surface area contributed by atoms with E-state index in [1.165, 1.54) is 43.0 Å². The quantitative estimate of drug-likeness (QED) is 0.244. The summed E-state index contributed by atoms with van der Waals surface area (Å²) >= 11 is 0. The zero-order valence-corrected chi connectivity index (χ0v) is 25.1. The van der Waals surface area contributed by atoms with Gasteiger partial charge in [-0.05, 0) is 74.5 Å². The Kier molecular flexibility index (Phi) is 12.2. The Balaban J connectivity index is 1.37. The molecule has 1 unspecified atom stereocenters. The van der Waals surface area contributed by atoms with Gasteiger partial charge in [-0.3, -0.25) is 9.59 Å². The van der Waals surface area contributed by atoms with Crippen LogP contribution < -0.4 is 15.4 Å². The van der Waals surface area contributed by atoms with E-state index in [4.69, 9.17) is 0 Å². The first-order chi connectivity index (χ1) is 21.1. The average molecular weight is 619 g/mol. The van der Waals surface area contributed by atoms with Gasteiger partial charge >= 0.3 is 6.36 Å². The third-order valence-electron chi connectivity index (χ3n) is 8.31. The highest BCUT2D eigenvalue weighted by Gasteiger charge is 2.33. The fraction of sp³-hybridized carbons (Fsp3) is 0.515. The van der Waals surface area contributed by atoms with Crippen molar-refractivity contribution in [3.05, 3.63) is 71.6 Å². The smallest absolute Gasteiger partial charge is 0.403 e. The molecule has 0 aromatic heterocycles. The Hall–Kier alpha value is -3.44. The number of piperidine rings is 1.